The molecule has 7 nitrogen and oxygen atoms in total. The van der Waals surface area contributed by atoms with Gasteiger partial charge in [0.25, 0.3) is 5.91 Å². The average molecular weight is 356 g/mol. The second-order valence-electron chi connectivity index (χ2n) is 4.93. The average Bonchev–Trinajstić information content (AvgIpc) is 2.65. The van der Waals surface area contributed by atoms with Gasteiger partial charge in [0.15, 0.2) is 6.61 Å². The summed E-state index contributed by atoms with van der Waals surface area (Å²) in [6.07, 6.45) is 3.91. The van der Waals surface area contributed by atoms with Crippen LogP contribution in [0.5, 0.6) is 5.88 Å². The van der Waals surface area contributed by atoms with E-state index in [4.69, 9.17) is 9.47 Å². The summed E-state index contributed by atoms with van der Waals surface area (Å²) in [4.78, 5) is 23.9. The number of allylic oxidation sites excluding steroid dienone is 3. The molecule has 0 spiro atoms. The first-order valence-electron chi connectivity index (χ1n) is 7.45. The van der Waals surface area contributed by atoms with Crippen LogP contribution in [0.25, 0.3) is 5.57 Å². The molecule has 0 unspecified atom stereocenters. The number of carbonyl (C=O) groups excluding carboxylic acids is 1. The van der Waals surface area contributed by atoms with Crippen LogP contribution in [0.15, 0.2) is 67.6 Å². The summed E-state index contributed by atoms with van der Waals surface area (Å²) in [5.41, 5.74) is 0.592. The Hall–Kier alpha value is -3.55. The molecule has 0 radical (unpaired) electrons. The molecule has 0 aromatic carbocycles. The fourth-order valence-electron chi connectivity index (χ4n) is 1.89. The van der Waals surface area contributed by atoms with Gasteiger partial charge in [0, 0.05) is 23.9 Å². The number of methoxy groups -OCH3 is 1. The molecule has 0 aliphatic rings. The summed E-state index contributed by atoms with van der Waals surface area (Å²) in [6, 6.07) is 6.57. The molecular weight excluding hydrogens is 339 g/mol. The first-order chi connectivity index (χ1) is 12.5. The van der Waals surface area contributed by atoms with Gasteiger partial charge in [-0.05, 0) is 12.1 Å². The van der Waals surface area contributed by atoms with Gasteiger partial charge in [-0.25, -0.2) is 19.3 Å². The molecule has 1 N–H and O–H groups in total. The van der Waals surface area contributed by atoms with E-state index in [2.05, 4.69) is 33.4 Å². The number of amides is 1. The number of rotatable bonds is 8. The van der Waals surface area contributed by atoms with Crippen molar-refractivity contribution >= 4 is 17.3 Å². The Bertz CT molecular complexity index is 837. The Morgan fingerprint density at radius 1 is 1.31 bits per heavy atom. The molecule has 2 heterocycles. The van der Waals surface area contributed by atoms with Crippen LogP contribution in [-0.2, 0) is 9.53 Å². The third kappa shape index (κ3) is 5.52. The summed E-state index contributed by atoms with van der Waals surface area (Å²) >= 11 is 0. The highest BCUT2D eigenvalue weighted by molar-refractivity contribution is 5.91. The van der Waals surface area contributed by atoms with Crippen LogP contribution in [0, 0.1) is 0 Å². The number of pyridine rings is 1. The van der Waals surface area contributed by atoms with Crippen LogP contribution >= 0.6 is 0 Å². The van der Waals surface area contributed by atoms with Gasteiger partial charge in [0.1, 0.15) is 23.7 Å². The predicted molar refractivity (Wildman–Crippen MR) is 94.8 cm³/mol. The fourth-order valence-corrected chi connectivity index (χ4v) is 1.89. The molecule has 0 aliphatic carbocycles. The molecule has 0 aliphatic heterocycles. The van der Waals surface area contributed by atoms with E-state index in [1.165, 1.54) is 19.5 Å². The third-order valence-corrected chi connectivity index (χ3v) is 3.05. The number of nitrogens with one attached hydrogen (secondary N) is 1. The van der Waals surface area contributed by atoms with E-state index in [0.29, 0.717) is 11.6 Å². The molecule has 0 fully saturated rings. The quantitative estimate of drug-likeness (QED) is 0.578. The normalized spacial score (nSPS) is 10.8. The van der Waals surface area contributed by atoms with Crippen LogP contribution in [-0.4, -0.2) is 34.6 Å². The number of hydrogen-bond acceptors (Lipinski definition) is 6. The lowest BCUT2D eigenvalue weighted by atomic mass is 10.1. The van der Waals surface area contributed by atoms with Crippen molar-refractivity contribution < 1.29 is 18.7 Å². The highest BCUT2D eigenvalue weighted by atomic mass is 19.1. The zero-order valence-electron chi connectivity index (χ0n) is 14.1. The lowest BCUT2D eigenvalue weighted by molar-refractivity contribution is -0.118. The Balaban J connectivity index is 2.09. The molecule has 2 aromatic heterocycles. The Morgan fingerprint density at radius 3 is 2.77 bits per heavy atom. The molecular formula is C18H17FN4O3. The SMILES string of the molecule is C=C(F)/C=C(\C(=C)OC)c1cc(NC(=O)COc2ccccn2)ncn1. The van der Waals surface area contributed by atoms with Crippen LogP contribution in [0.1, 0.15) is 5.69 Å². The molecule has 2 rings (SSSR count). The molecule has 0 saturated carbocycles. The first kappa shape index (κ1) is 18.8. The van der Waals surface area contributed by atoms with Crippen molar-refractivity contribution in [3.05, 3.63) is 73.3 Å². The molecule has 0 atom stereocenters. The number of halogens is 1. The Kier molecular flexibility index (Phi) is 6.55. The van der Waals surface area contributed by atoms with E-state index >= 15 is 0 Å². The van der Waals surface area contributed by atoms with E-state index in [0.717, 1.165) is 6.08 Å². The topological polar surface area (TPSA) is 86.2 Å². The molecule has 0 saturated heterocycles. The van der Waals surface area contributed by atoms with Crippen molar-refractivity contribution in [2.24, 2.45) is 0 Å². The molecule has 2 aromatic rings. The second-order valence-corrected chi connectivity index (χ2v) is 4.93. The fraction of sp³-hybridized carbons (Fsp3) is 0.111. The maximum absolute atomic E-state index is 13.2. The van der Waals surface area contributed by atoms with E-state index in [9.17, 15) is 9.18 Å². The van der Waals surface area contributed by atoms with Crippen molar-refractivity contribution in [3.8, 4) is 5.88 Å². The Morgan fingerprint density at radius 2 is 2.12 bits per heavy atom. The van der Waals surface area contributed by atoms with Gasteiger partial charge in [-0.2, -0.15) is 0 Å². The monoisotopic (exact) mass is 356 g/mol. The number of anilines is 1. The van der Waals surface area contributed by atoms with Crippen LogP contribution in [0.4, 0.5) is 10.2 Å². The van der Waals surface area contributed by atoms with Gasteiger partial charge in [-0.15, -0.1) is 0 Å². The van der Waals surface area contributed by atoms with Crippen LogP contribution in [0.3, 0.4) is 0 Å². The van der Waals surface area contributed by atoms with Crippen molar-refractivity contribution in [3.63, 3.8) is 0 Å². The molecule has 0 bridgehead atoms. The maximum Gasteiger partial charge on any atom is 0.263 e. The molecule has 1 amide bonds. The van der Waals surface area contributed by atoms with Gasteiger partial charge in [0.05, 0.1) is 12.8 Å². The third-order valence-electron chi connectivity index (χ3n) is 3.05. The number of aromatic nitrogens is 3. The van der Waals surface area contributed by atoms with Crippen molar-refractivity contribution in [2.45, 2.75) is 0 Å². The smallest absolute Gasteiger partial charge is 0.263 e. The minimum Gasteiger partial charge on any atom is -0.497 e. The number of nitrogens with zero attached hydrogens (tertiary/aromatic N) is 3. The van der Waals surface area contributed by atoms with E-state index in [1.54, 1.807) is 24.4 Å². The summed E-state index contributed by atoms with van der Waals surface area (Å²) < 4.78 is 23.5. The second kappa shape index (κ2) is 9.07. The lowest BCUT2D eigenvalue weighted by Crippen LogP contribution is -2.21. The molecule has 134 valence electrons. The molecule has 26 heavy (non-hydrogen) atoms. The highest BCUT2D eigenvalue weighted by Crippen LogP contribution is 2.23. The zero-order chi connectivity index (χ0) is 18.9. The summed E-state index contributed by atoms with van der Waals surface area (Å²) in [6.45, 7) is 6.62. The first-order valence-corrected chi connectivity index (χ1v) is 7.45. The standard InChI is InChI=1S/C18H17FN4O3/c1-12(19)8-14(13(2)25-3)15-9-16(22-11-21-15)23-17(24)10-26-18-6-4-5-7-20-18/h4-9,11H,1-2,10H2,3H3,(H,21,22,23,24)/b14-8+. The predicted octanol–water partition coefficient (Wildman–Crippen LogP) is 2.92. The van der Waals surface area contributed by atoms with Crippen molar-refractivity contribution in [1.29, 1.82) is 0 Å². The highest BCUT2D eigenvalue weighted by Gasteiger charge is 2.12. The number of carbonyl (C=O) groups is 1. The van der Waals surface area contributed by atoms with Crippen molar-refractivity contribution in [1.82, 2.24) is 15.0 Å². The van der Waals surface area contributed by atoms with E-state index in [-0.39, 0.29) is 23.8 Å². The Labute approximate surface area is 149 Å². The van der Waals surface area contributed by atoms with Crippen LogP contribution in [0.2, 0.25) is 0 Å². The van der Waals surface area contributed by atoms with Gasteiger partial charge in [-0.1, -0.05) is 19.2 Å². The number of hydrogen-bond donors (Lipinski definition) is 1. The molecule has 8 heteroatoms. The van der Waals surface area contributed by atoms with Gasteiger partial charge in [0.2, 0.25) is 5.88 Å². The minimum absolute atomic E-state index is 0.193. The largest absolute Gasteiger partial charge is 0.497 e. The van der Waals surface area contributed by atoms with Crippen molar-refractivity contribution in [2.75, 3.05) is 19.0 Å². The van der Waals surface area contributed by atoms with Gasteiger partial charge < -0.3 is 14.8 Å². The maximum atomic E-state index is 13.2. The minimum atomic E-state index is -0.689. The van der Waals surface area contributed by atoms with Gasteiger partial charge >= 0.3 is 0 Å². The summed E-state index contributed by atoms with van der Waals surface area (Å²) in [5.74, 6) is -0.395. The van der Waals surface area contributed by atoms with Gasteiger partial charge in [-0.3, -0.25) is 4.79 Å². The number of ether oxygens (including phenoxy) is 2. The van der Waals surface area contributed by atoms with E-state index in [1.807, 2.05) is 0 Å². The lowest BCUT2D eigenvalue weighted by Gasteiger charge is -2.10. The van der Waals surface area contributed by atoms with Crippen LogP contribution < -0.4 is 10.1 Å². The van der Waals surface area contributed by atoms with E-state index < -0.39 is 11.7 Å². The summed E-state index contributed by atoms with van der Waals surface area (Å²) in [5, 5.41) is 2.56. The summed E-state index contributed by atoms with van der Waals surface area (Å²) in [7, 11) is 1.40. The zero-order valence-corrected chi connectivity index (χ0v) is 14.1.